The summed E-state index contributed by atoms with van der Waals surface area (Å²) in [6.07, 6.45) is 24.4. The van der Waals surface area contributed by atoms with Crippen LogP contribution in [0, 0.1) is 11.1 Å². The summed E-state index contributed by atoms with van der Waals surface area (Å²) in [5, 5.41) is 61.2. The maximum absolute atomic E-state index is 11.6. The molecule has 6 saturated heterocycles. The maximum Gasteiger partial charge on any atom is 0.451 e. The van der Waals surface area contributed by atoms with Gasteiger partial charge in [0.2, 0.25) is 17.1 Å². The van der Waals surface area contributed by atoms with E-state index in [1.165, 1.54) is 86.5 Å². The number of imidazole rings is 1. The molecular formula is C83H115ClF12N35O5P4+. The van der Waals surface area contributed by atoms with Gasteiger partial charge >= 0.3 is 85.8 Å². The average molecular weight is 2070 g/mol. The second kappa shape index (κ2) is 49.5. The molecule has 6 N–H and O–H groups in total. The number of halogens is 13. The molecule has 14 aromatic rings. The van der Waals surface area contributed by atoms with Gasteiger partial charge in [-0.3, -0.25) is 19.1 Å². The molecule has 1 amide bonds. The van der Waals surface area contributed by atoms with Crippen LogP contribution in [0.2, 0.25) is 5.02 Å². The zero-order chi connectivity index (χ0) is 97.0. The van der Waals surface area contributed by atoms with Gasteiger partial charge in [0.1, 0.15) is 44.8 Å². The zero-order valence-electron chi connectivity index (χ0n) is 76.3. The number of nitrogens with one attached hydrogen (secondary N) is 4. The first-order chi connectivity index (χ1) is 64.9. The number of amides is 1. The molecule has 0 aliphatic carbocycles. The van der Waals surface area contributed by atoms with Crippen molar-refractivity contribution in [2.24, 2.45) is 25.1 Å². The van der Waals surface area contributed by atoms with E-state index in [1.807, 2.05) is 179 Å². The van der Waals surface area contributed by atoms with Crippen molar-refractivity contribution in [3.05, 3.63) is 191 Å². The first-order valence-corrected chi connectivity index (χ1v) is 50.6. The van der Waals surface area contributed by atoms with Crippen molar-refractivity contribution < 1.29 is 74.8 Å². The third-order valence-electron chi connectivity index (χ3n) is 22.1. The summed E-state index contributed by atoms with van der Waals surface area (Å²) in [5.74, 6) is 6.30. The molecule has 0 bridgehead atoms. The predicted octanol–water partition coefficient (Wildman–Crippen LogP) is 8.48. The molecule has 140 heavy (non-hydrogen) atoms. The summed E-state index contributed by atoms with van der Waals surface area (Å²) in [5.41, 5.74) is 20.4. The van der Waals surface area contributed by atoms with E-state index < -0.39 is 32.2 Å². The summed E-state index contributed by atoms with van der Waals surface area (Å²) in [6, 6.07) is 41.6. The molecule has 5 aromatic carbocycles. The molecule has 22 rings (SSSR count). The second-order valence-corrected chi connectivity index (χ2v) is 41.2. The van der Waals surface area contributed by atoms with Gasteiger partial charge in [-0.2, -0.15) is 19.1 Å². The van der Waals surface area contributed by atoms with Gasteiger partial charge in [-0.05, 0) is 193 Å². The van der Waals surface area contributed by atoms with Gasteiger partial charge in [-0.25, -0.2) is 30.2 Å². The van der Waals surface area contributed by atoms with Crippen molar-refractivity contribution in [1.82, 2.24) is 154 Å². The molecule has 1 atom stereocenters. The molecule has 1 unspecified atom stereocenters. The van der Waals surface area contributed by atoms with Crippen molar-refractivity contribution >= 4 is 139 Å². The summed E-state index contributed by atoms with van der Waals surface area (Å²) < 4.78 is 134. The normalized spacial score (nSPS) is 17.2. The topological polar surface area (TPSA) is 406 Å². The summed E-state index contributed by atoms with van der Waals surface area (Å²) in [6.45, 7) is 16.3. The van der Waals surface area contributed by atoms with Crippen molar-refractivity contribution in [1.29, 1.82) is 0 Å². The number of carbonyl (C=O) groups is 1. The van der Waals surface area contributed by atoms with Crippen LogP contribution in [0.5, 0.6) is 0 Å². The quantitative estimate of drug-likeness (QED) is 0.0154. The number of aromatic nitrogens is 22. The van der Waals surface area contributed by atoms with E-state index >= 15 is 0 Å². The Hall–Kier alpha value is -11.8. The van der Waals surface area contributed by atoms with Crippen molar-refractivity contribution in [3.63, 3.8) is 0 Å². The molecule has 40 nitrogen and oxygen atoms in total. The Bertz CT molecular complexity index is 6330. The summed E-state index contributed by atoms with van der Waals surface area (Å²) in [4.78, 5) is 45.1. The number of hydrazine groups is 1. The third kappa shape index (κ3) is 29.7. The molecule has 762 valence electrons. The Morgan fingerprint density at radius 2 is 0.986 bits per heavy atom. The largest absolute Gasteiger partial charge is 1.00 e. The third-order valence-corrected chi connectivity index (χ3v) is 29.9. The fourth-order valence-corrected chi connectivity index (χ4v) is 24.6. The van der Waals surface area contributed by atoms with Gasteiger partial charge in [0, 0.05) is 140 Å². The number of nitrogens with two attached hydrogens (primary N) is 1. The minimum absolute atomic E-state index is 0. The van der Waals surface area contributed by atoms with Crippen LogP contribution < -0.4 is 51.2 Å². The maximum atomic E-state index is 11.6. The Morgan fingerprint density at radius 3 is 1.51 bits per heavy atom. The predicted molar refractivity (Wildman–Crippen MR) is 517 cm³/mol. The fourth-order valence-electron chi connectivity index (χ4n) is 16.2. The number of fused-ring (bicyclic) bond motifs is 7. The van der Waals surface area contributed by atoms with E-state index in [0.717, 1.165) is 158 Å². The fraction of sp³-hybridized carbons (Fsp3) is 0.434. The van der Waals surface area contributed by atoms with Crippen LogP contribution >= 0.6 is 43.8 Å². The van der Waals surface area contributed by atoms with Gasteiger partial charge in [-0.1, -0.05) is 97.0 Å². The van der Waals surface area contributed by atoms with Gasteiger partial charge in [-0.15, -0.1) is 63.3 Å². The average Bonchev–Trinajstić information content (AvgIpc) is 1.58. The molecule has 9 aromatic heterocycles. The molecule has 8 aliphatic rings. The number of H-pyrrole nitrogens is 1. The SMILES string of the molecule is C.C.C1=CNNC1.CC1CC(=O)NN=C1c1ccc2nnn(C)c2c1.CN(C)C(n1n[n+]([O-])c2ncccc21)=[N+](C)C.Clc1ccc2nnn(O[P+](N3CCCC3)(N3CCCC3)N3CCCC3)c2c1.Cn1nnc2ccccc2c1=O.FP(F)(F)(F)F.FP(F)(F)(F)F.Nn1nnc2ccccc21.[F-].[F-].c1ccc2[nH]cnc2c1.c1cnc2c(c1)nnn2O[P+](N1CCCC1)(N1CCCC1)N1CCCC1. The van der Waals surface area contributed by atoms with E-state index in [-0.39, 0.29) is 41.6 Å². The Balaban J connectivity index is 0.000000181. The molecule has 6 fully saturated rings. The number of nitrogen functional groups attached to an aromatic ring is 1. The number of nitrogens with zero attached hydrogens (tertiary/aromatic N) is 30. The summed E-state index contributed by atoms with van der Waals surface area (Å²) in [7, 11) is -10.3. The number of aryl methyl sites for hydroxylation is 2. The van der Waals surface area contributed by atoms with Crippen molar-refractivity contribution in [3.8, 4) is 0 Å². The first kappa shape index (κ1) is 112. The van der Waals surface area contributed by atoms with E-state index in [2.05, 4.69) is 126 Å². The molecular weight excluding hydrogens is 1950 g/mol. The van der Waals surface area contributed by atoms with Crippen LogP contribution in [0.4, 0.5) is 42.0 Å². The van der Waals surface area contributed by atoms with Crippen LogP contribution in [-0.4, -0.2) is 274 Å². The van der Waals surface area contributed by atoms with Crippen LogP contribution in [0.1, 0.15) is 111 Å². The Kier molecular flexibility index (Phi) is 39.6. The minimum atomic E-state index is -8.55. The smallest absolute Gasteiger partial charge is 0.451 e. The van der Waals surface area contributed by atoms with Crippen molar-refractivity contribution in [2.75, 3.05) is 119 Å². The van der Waals surface area contributed by atoms with Crippen molar-refractivity contribution in [2.45, 2.75) is 105 Å². The second-order valence-electron chi connectivity index (χ2n) is 32.4. The van der Waals surface area contributed by atoms with Crippen LogP contribution in [0.15, 0.2) is 174 Å². The number of benzene rings is 5. The molecule has 57 heteroatoms. The Labute approximate surface area is 804 Å². The number of carbonyl (C=O) groups excluding carboxylic acids is 1. The van der Waals surface area contributed by atoms with E-state index in [9.17, 15) is 56.8 Å². The van der Waals surface area contributed by atoms with Crippen LogP contribution in [0.25, 0.3) is 77.4 Å². The minimum Gasteiger partial charge on any atom is -1.00 e. The number of hydrogen-bond donors (Lipinski definition) is 5. The van der Waals surface area contributed by atoms with Crippen LogP contribution in [-0.2, 0) is 18.9 Å². The number of hydrogen-bond acceptors (Lipinski definition) is 29. The number of aromatic amines is 1. The van der Waals surface area contributed by atoms with Gasteiger partial charge in [0.25, 0.3) is 5.56 Å². The number of para-hydroxylation sites is 3. The van der Waals surface area contributed by atoms with Gasteiger partial charge < -0.3 is 30.9 Å². The standard InChI is InChI=1S/C18H27ClN6OP.C17H27N7OP.C12H13N5O.C10H15N6O.C8H7N3O.C7H6N2.C6H6N4.C3H6N2.2CH4.2F5P.2FH/c19-16-7-8-17-18(15-16)25(21-20-17)26-27(22-9-1-2-10-22,23-11-3-4-12-23)24-13-5-6-14-24;1-2-11-21(10-1)26(22-12-3-4-13-22,23-14-5-6-15-23)25-24-17-16(19-20-24)8-7-9-18-17;1-7-5-11(18)14-15-12(7)8-3-4-9-10(6-8)17(2)16-13-9;1-13(2)10(14(3)4)15-8-6-5-7-11-9(8)16(17)12-15;1-11-8(12)6-4-2-3-5-7(6)9-10-11;1-2-4-7-6(3-1)8-5-9-7;7-10-6-4-2-1-3-5(6)8-9-10;1-2-4-5-3-1;;;2*1-6(2,3,4)5;;/h7-8,15H,1-6,9-14H2;7-9H,1-6,10-15H2;3-4,6-7H,5H2,1-2H3,(H,14,18);5-7H,1-4H3;2-5H,1H3;1-5H,(H,8,9);1-4H,7H2;1-2,4-5H,3H2;2*1H4;;;2*1H/q2*+1;;+1;;;;;;;;;;/p-2. The van der Waals surface area contributed by atoms with Crippen LogP contribution in [0.3, 0.4) is 0 Å². The van der Waals surface area contributed by atoms with E-state index in [0.29, 0.717) is 38.4 Å². The number of pyridine rings is 2. The Morgan fingerprint density at radius 1 is 0.536 bits per heavy atom. The summed E-state index contributed by atoms with van der Waals surface area (Å²) >= 11 is 6.25. The van der Waals surface area contributed by atoms with Gasteiger partial charge in [0.05, 0.1) is 62.2 Å². The monoisotopic (exact) mass is 2070 g/mol. The number of rotatable bonds is 11. The molecule has 0 spiro atoms. The molecule has 0 radical (unpaired) electrons. The van der Waals surface area contributed by atoms with Gasteiger partial charge in [0.15, 0.2) is 0 Å². The number of hydrazone groups is 1. The first-order valence-electron chi connectivity index (χ1n) is 43.7. The van der Waals surface area contributed by atoms with E-state index in [1.54, 1.807) is 63.0 Å². The van der Waals surface area contributed by atoms with E-state index in [4.69, 9.17) is 26.7 Å². The zero-order valence-corrected chi connectivity index (χ0v) is 80.6. The molecule has 17 heterocycles. The molecule has 8 aliphatic heterocycles. The molecule has 0 saturated carbocycles.